The van der Waals surface area contributed by atoms with Crippen molar-refractivity contribution in [2.24, 2.45) is 0 Å². The Labute approximate surface area is 110 Å². The maximum absolute atomic E-state index is 9.04. The van der Waals surface area contributed by atoms with Gasteiger partial charge in [0.15, 0.2) is 0 Å². The fourth-order valence-electron chi connectivity index (χ4n) is 1.76. The Hall–Kier alpha value is -1.13. The molecule has 0 unspecified atom stereocenters. The Balaban J connectivity index is 2.55. The molecule has 0 amide bonds. The van der Waals surface area contributed by atoms with Gasteiger partial charge in [-0.15, -0.1) is 0 Å². The van der Waals surface area contributed by atoms with E-state index < -0.39 is 0 Å². The second-order valence-electron chi connectivity index (χ2n) is 4.77. The van der Waals surface area contributed by atoms with Crippen molar-refractivity contribution in [3.05, 3.63) is 23.9 Å². The minimum atomic E-state index is 0.196. The largest absolute Gasteiger partial charge is 0.395 e. The van der Waals surface area contributed by atoms with Crippen molar-refractivity contribution in [3.63, 3.8) is 0 Å². The number of nitrogens with one attached hydrogen (secondary N) is 1. The van der Waals surface area contributed by atoms with E-state index >= 15 is 0 Å². The van der Waals surface area contributed by atoms with Gasteiger partial charge >= 0.3 is 0 Å². The summed E-state index contributed by atoms with van der Waals surface area (Å²) in [6.07, 6.45) is 3.01. The van der Waals surface area contributed by atoms with E-state index in [0.29, 0.717) is 12.6 Å². The first-order chi connectivity index (χ1) is 8.67. The number of nitrogens with zero attached hydrogens (tertiary/aromatic N) is 2. The zero-order valence-corrected chi connectivity index (χ0v) is 11.7. The molecule has 0 aliphatic carbocycles. The van der Waals surface area contributed by atoms with Gasteiger partial charge in [-0.1, -0.05) is 13.0 Å². The summed E-state index contributed by atoms with van der Waals surface area (Å²) in [5, 5.41) is 12.3. The molecule has 102 valence electrons. The van der Waals surface area contributed by atoms with Crippen LogP contribution in [0.3, 0.4) is 0 Å². The monoisotopic (exact) mass is 251 g/mol. The number of anilines is 1. The summed E-state index contributed by atoms with van der Waals surface area (Å²) in [7, 11) is 0. The third kappa shape index (κ3) is 5.02. The van der Waals surface area contributed by atoms with Gasteiger partial charge in [0.25, 0.3) is 0 Å². The second kappa shape index (κ2) is 8.06. The molecule has 1 rings (SSSR count). The normalized spacial score (nSPS) is 11.2. The molecule has 0 aromatic carbocycles. The van der Waals surface area contributed by atoms with Crippen molar-refractivity contribution in [2.45, 2.75) is 39.8 Å². The molecule has 0 atom stereocenters. The minimum Gasteiger partial charge on any atom is -0.395 e. The van der Waals surface area contributed by atoms with Gasteiger partial charge in [0, 0.05) is 31.9 Å². The third-order valence-corrected chi connectivity index (χ3v) is 2.88. The lowest BCUT2D eigenvalue weighted by molar-refractivity contribution is 0.159. The first-order valence-electron chi connectivity index (χ1n) is 6.71. The van der Waals surface area contributed by atoms with Crippen LogP contribution in [0.4, 0.5) is 5.82 Å². The summed E-state index contributed by atoms with van der Waals surface area (Å²) >= 11 is 0. The van der Waals surface area contributed by atoms with E-state index in [0.717, 1.165) is 25.3 Å². The van der Waals surface area contributed by atoms with Crippen LogP contribution in [0.5, 0.6) is 0 Å². The average Bonchev–Trinajstić information content (AvgIpc) is 2.37. The highest BCUT2D eigenvalue weighted by Crippen LogP contribution is 2.10. The van der Waals surface area contributed by atoms with Crippen LogP contribution in [0.15, 0.2) is 18.3 Å². The predicted molar refractivity (Wildman–Crippen MR) is 75.6 cm³/mol. The fraction of sp³-hybridized carbons (Fsp3) is 0.643. The molecule has 4 heteroatoms. The second-order valence-corrected chi connectivity index (χ2v) is 4.77. The first kappa shape index (κ1) is 14.9. The summed E-state index contributed by atoms with van der Waals surface area (Å²) in [5.41, 5.74) is 1.18. The zero-order valence-electron chi connectivity index (χ0n) is 11.7. The maximum atomic E-state index is 9.04. The van der Waals surface area contributed by atoms with E-state index in [1.54, 1.807) is 0 Å². The molecule has 1 aromatic rings. The SMILES string of the molecule is CCCNc1ccc(CN(CCO)C(C)C)cn1. The molecule has 4 nitrogen and oxygen atoms in total. The summed E-state index contributed by atoms with van der Waals surface area (Å²) in [6, 6.07) is 4.54. The third-order valence-electron chi connectivity index (χ3n) is 2.88. The molecule has 0 saturated carbocycles. The summed E-state index contributed by atoms with van der Waals surface area (Å²) in [6.45, 7) is 9.10. The number of aromatic nitrogens is 1. The predicted octanol–water partition coefficient (Wildman–Crippen LogP) is 2.11. The number of rotatable bonds is 8. The average molecular weight is 251 g/mol. The molecular weight excluding hydrogens is 226 g/mol. The molecule has 1 aromatic heterocycles. The van der Waals surface area contributed by atoms with Crippen LogP contribution in [-0.4, -0.2) is 40.7 Å². The quantitative estimate of drug-likeness (QED) is 0.743. The lowest BCUT2D eigenvalue weighted by Crippen LogP contribution is -2.32. The van der Waals surface area contributed by atoms with E-state index in [4.69, 9.17) is 5.11 Å². The Bertz CT molecular complexity index is 324. The van der Waals surface area contributed by atoms with Crippen molar-refractivity contribution >= 4 is 5.82 Å². The van der Waals surface area contributed by atoms with Gasteiger partial charge in [-0.25, -0.2) is 4.98 Å². The highest BCUT2D eigenvalue weighted by Gasteiger charge is 2.09. The molecule has 1 heterocycles. The van der Waals surface area contributed by atoms with Crippen molar-refractivity contribution in [3.8, 4) is 0 Å². The number of aliphatic hydroxyl groups excluding tert-OH is 1. The Morgan fingerprint density at radius 2 is 2.17 bits per heavy atom. The Morgan fingerprint density at radius 3 is 2.67 bits per heavy atom. The number of hydrogen-bond acceptors (Lipinski definition) is 4. The Kier molecular flexibility index (Phi) is 6.68. The molecule has 0 radical (unpaired) electrons. The Morgan fingerprint density at radius 1 is 1.39 bits per heavy atom. The zero-order chi connectivity index (χ0) is 13.4. The molecule has 18 heavy (non-hydrogen) atoms. The van der Waals surface area contributed by atoms with Crippen LogP contribution in [0.2, 0.25) is 0 Å². The van der Waals surface area contributed by atoms with Crippen LogP contribution in [0.25, 0.3) is 0 Å². The fourth-order valence-corrected chi connectivity index (χ4v) is 1.76. The van der Waals surface area contributed by atoms with E-state index in [-0.39, 0.29) is 6.61 Å². The molecule has 0 aliphatic heterocycles. The van der Waals surface area contributed by atoms with Crippen molar-refractivity contribution < 1.29 is 5.11 Å². The highest BCUT2D eigenvalue weighted by molar-refractivity contribution is 5.35. The smallest absolute Gasteiger partial charge is 0.125 e. The van der Waals surface area contributed by atoms with Crippen molar-refractivity contribution in [1.29, 1.82) is 0 Å². The molecular formula is C14H25N3O. The van der Waals surface area contributed by atoms with Crippen LogP contribution in [0.1, 0.15) is 32.8 Å². The molecule has 0 bridgehead atoms. The maximum Gasteiger partial charge on any atom is 0.125 e. The van der Waals surface area contributed by atoms with Crippen LogP contribution >= 0.6 is 0 Å². The topological polar surface area (TPSA) is 48.4 Å². The van der Waals surface area contributed by atoms with Gasteiger partial charge in [0.05, 0.1) is 6.61 Å². The van der Waals surface area contributed by atoms with E-state index in [1.165, 1.54) is 5.56 Å². The van der Waals surface area contributed by atoms with Gasteiger partial charge < -0.3 is 10.4 Å². The van der Waals surface area contributed by atoms with Gasteiger partial charge in [-0.05, 0) is 31.9 Å². The standard InChI is InChI=1S/C14H25N3O/c1-4-7-15-14-6-5-13(10-16-14)11-17(8-9-18)12(2)3/h5-6,10,12,18H,4,7-9,11H2,1-3H3,(H,15,16). The van der Waals surface area contributed by atoms with Gasteiger partial charge in [0.2, 0.25) is 0 Å². The molecule has 0 fully saturated rings. The van der Waals surface area contributed by atoms with Crippen LogP contribution in [-0.2, 0) is 6.54 Å². The van der Waals surface area contributed by atoms with Crippen molar-refractivity contribution in [1.82, 2.24) is 9.88 Å². The molecule has 2 N–H and O–H groups in total. The van der Waals surface area contributed by atoms with E-state index in [9.17, 15) is 0 Å². The van der Waals surface area contributed by atoms with Crippen molar-refractivity contribution in [2.75, 3.05) is 25.0 Å². The highest BCUT2D eigenvalue weighted by atomic mass is 16.3. The van der Waals surface area contributed by atoms with Gasteiger partial charge in [-0.2, -0.15) is 0 Å². The first-order valence-corrected chi connectivity index (χ1v) is 6.71. The minimum absolute atomic E-state index is 0.196. The lowest BCUT2D eigenvalue weighted by atomic mass is 10.2. The summed E-state index contributed by atoms with van der Waals surface area (Å²) in [4.78, 5) is 6.62. The van der Waals surface area contributed by atoms with Gasteiger partial charge in [0.1, 0.15) is 5.82 Å². The number of hydrogen-bond donors (Lipinski definition) is 2. The molecule has 0 saturated heterocycles. The number of pyridine rings is 1. The van der Waals surface area contributed by atoms with E-state index in [2.05, 4.69) is 42.0 Å². The summed E-state index contributed by atoms with van der Waals surface area (Å²) < 4.78 is 0. The van der Waals surface area contributed by atoms with E-state index in [1.807, 2.05) is 12.3 Å². The van der Waals surface area contributed by atoms with Crippen LogP contribution in [0, 0.1) is 0 Å². The van der Waals surface area contributed by atoms with Gasteiger partial charge in [-0.3, -0.25) is 4.90 Å². The molecule has 0 aliphatic rings. The van der Waals surface area contributed by atoms with Crippen LogP contribution < -0.4 is 5.32 Å². The number of aliphatic hydroxyl groups is 1. The molecule has 0 spiro atoms. The summed E-state index contributed by atoms with van der Waals surface area (Å²) in [5.74, 6) is 0.929. The lowest BCUT2D eigenvalue weighted by Gasteiger charge is -2.25.